The molecule has 0 spiro atoms. The predicted molar refractivity (Wildman–Crippen MR) is 68.5 cm³/mol. The van der Waals surface area contributed by atoms with Crippen molar-refractivity contribution in [2.45, 2.75) is 12.8 Å². The molecule has 0 unspecified atom stereocenters. The summed E-state index contributed by atoms with van der Waals surface area (Å²) in [6.45, 7) is 0.701. The van der Waals surface area contributed by atoms with Gasteiger partial charge >= 0.3 is 0 Å². The van der Waals surface area contributed by atoms with Crippen LogP contribution in [0.2, 0.25) is 0 Å². The minimum absolute atomic E-state index is 0. The molecule has 0 aliphatic rings. The summed E-state index contributed by atoms with van der Waals surface area (Å²) in [7, 11) is 0. The summed E-state index contributed by atoms with van der Waals surface area (Å²) in [5, 5.41) is 8.70. The van der Waals surface area contributed by atoms with Crippen molar-refractivity contribution < 1.29 is 0 Å². The second-order valence-corrected chi connectivity index (χ2v) is 3.97. The summed E-state index contributed by atoms with van der Waals surface area (Å²) in [5.41, 5.74) is 7.39. The zero-order chi connectivity index (χ0) is 9.68. The number of halogens is 2. The molecular formula is C10H12ClIN2. The van der Waals surface area contributed by atoms with Crippen molar-refractivity contribution in [2.24, 2.45) is 5.73 Å². The van der Waals surface area contributed by atoms with Gasteiger partial charge in [0, 0.05) is 3.57 Å². The third kappa shape index (κ3) is 3.82. The van der Waals surface area contributed by atoms with Gasteiger partial charge in [-0.2, -0.15) is 5.26 Å². The van der Waals surface area contributed by atoms with Crippen molar-refractivity contribution >= 4 is 35.0 Å². The maximum Gasteiger partial charge on any atom is 0.0991 e. The molecule has 0 fully saturated rings. The number of hydrogen-bond donors (Lipinski definition) is 1. The standard InChI is InChI=1S/C10H11IN2.ClH/c11-10-4-3-8(7-13)6-9(10)2-1-5-12;/h3-4,6H,1-2,5,12H2;1H. The highest BCUT2D eigenvalue weighted by Gasteiger charge is 2.00. The van der Waals surface area contributed by atoms with Crippen molar-refractivity contribution in [3.63, 3.8) is 0 Å². The third-order valence-electron chi connectivity index (χ3n) is 1.83. The molecule has 0 saturated heterocycles. The molecule has 0 aliphatic carbocycles. The SMILES string of the molecule is Cl.N#Cc1ccc(I)c(CCCN)c1. The van der Waals surface area contributed by atoms with Gasteiger partial charge in [-0.15, -0.1) is 12.4 Å². The number of benzene rings is 1. The van der Waals surface area contributed by atoms with Crippen LogP contribution in [0.15, 0.2) is 18.2 Å². The molecule has 1 aromatic carbocycles. The van der Waals surface area contributed by atoms with Crippen LogP contribution in [0.4, 0.5) is 0 Å². The lowest BCUT2D eigenvalue weighted by molar-refractivity contribution is 0.829. The number of rotatable bonds is 3. The lowest BCUT2D eigenvalue weighted by atomic mass is 10.1. The van der Waals surface area contributed by atoms with Gasteiger partial charge < -0.3 is 5.73 Å². The monoisotopic (exact) mass is 322 g/mol. The molecule has 76 valence electrons. The lowest BCUT2D eigenvalue weighted by Gasteiger charge is -2.03. The Bertz CT molecular complexity index is 333. The van der Waals surface area contributed by atoms with E-state index in [0.29, 0.717) is 6.54 Å². The first kappa shape index (κ1) is 13.7. The van der Waals surface area contributed by atoms with Crippen molar-refractivity contribution in [3.8, 4) is 6.07 Å². The van der Waals surface area contributed by atoms with E-state index >= 15 is 0 Å². The molecule has 14 heavy (non-hydrogen) atoms. The molecule has 0 aliphatic heterocycles. The highest BCUT2D eigenvalue weighted by molar-refractivity contribution is 14.1. The van der Waals surface area contributed by atoms with Gasteiger partial charge in [0.15, 0.2) is 0 Å². The van der Waals surface area contributed by atoms with Gasteiger partial charge in [0.05, 0.1) is 11.6 Å². The fraction of sp³-hybridized carbons (Fsp3) is 0.300. The molecule has 0 heterocycles. The normalized spacial score (nSPS) is 8.93. The Labute approximate surface area is 104 Å². The van der Waals surface area contributed by atoms with Gasteiger partial charge in [0.2, 0.25) is 0 Å². The molecule has 4 heteroatoms. The van der Waals surface area contributed by atoms with E-state index in [1.807, 2.05) is 18.2 Å². The quantitative estimate of drug-likeness (QED) is 0.869. The maximum atomic E-state index is 8.70. The highest BCUT2D eigenvalue weighted by atomic mass is 127. The van der Waals surface area contributed by atoms with Crippen LogP contribution in [-0.4, -0.2) is 6.54 Å². The highest BCUT2D eigenvalue weighted by Crippen LogP contribution is 2.15. The number of nitriles is 1. The van der Waals surface area contributed by atoms with E-state index in [9.17, 15) is 0 Å². The van der Waals surface area contributed by atoms with E-state index in [1.165, 1.54) is 9.13 Å². The summed E-state index contributed by atoms with van der Waals surface area (Å²) >= 11 is 2.28. The summed E-state index contributed by atoms with van der Waals surface area (Å²) in [5.74, 6) is 0. The summed E-state index contributed by atoms with van der Waals surface area (Å²) < 4.78 is 1.21. The lowest BCUT2D eigenvalue weighted by Crippen LogP contribution is -2.01. The molecule has 0 bridgehead atoms. The molecule has 0 aromatic heterocycles. The third-order valence-corrected chi connectivity index (χ3v) is 2.88. The minimum Gasteiger partial charge on any atom is -0.330 e. The molecule has 0 saturated carbocycles. The summed E-state index contributed by atoms with van der Waals surface area (Å²) in [6.07, 6.45) is 1.94. The smallest absolute Gasteiger partial charge is 0.0991 e. The second kappa shape index (κ2) is 7.04. The van der Waals surface area contributed by atoms with E-state index in [4.69, 9.17) is 11.0 Å². The molecule has 2 N–H and O–H groups in total. The Balaban J connectivity index is 0.00000169. The van der Waals surface area contributed by atoms with Crippen LogP contribution in [-0.2, 0) is 6.42 Å². The Morgan fingerprint density at radius 3 is 2.71 bits per heavy atom. The Morgan fingerprint density at radius 2 is 2.14 bits per heavy atom. The van der Waals surface area contributed by atoms with Crippen LogP contribution in [0.25, 0.3) is 0 Å². The fourth-order valence-electron chi connectivity index (χ4n) is 1.13. The van der Waals surface area contributed by atoms with Gasteiger partial charge in [-0.05, 0) is 65.7 Å². The van der Waals surface area contributed by atoms with Crippen LogP contribution in [0.3, 0.4) is 0 Å². The van der Waals surface area contributed by atoms with E-state index in [-0.39, 0.29) is 12.4 Å². The van der Waals surface area contributed by atoms with Gasteiger partial charge in [-0.25, -0.2) is 0 Å². The zero-order valence-corrected chi connectivity index (χ0v) is 10.6. The molecular weight excluding hydrogens is 310 g/mol. The average Bonchev–Trinajstić information content (AvgIpc) is 2.17. The average molecular weight is 323 g/mol. The Kier molecular flexibility index (Phi) is 6.89. The molecule has 1 rings (SSSR count). The molecule has 1 aromatic rings. The first-order chi connectivity index (χ1) is 6.27. The Morgan fingerprint density at radius 1 is 1.43 bits per heavy atom. The number of nitrogens with two attached hydrogens (primary N) is 1. The number of nitrogens with zero attached hydrogens (tertiary/aromatic N) is 1. The first-order valence-corrected chi connectivity index (χ1v) is 5.24. The van der Waals surface area contributed by atoms with E-state index in [0.717, 1.165) is 18.4 Å². The van der Waals surface area contributed by atoms with Crippen LogP contribution < -0.4 is 5.73 Å². The van der Waals surface area contributed by atoms with Crippen LogP contribution in [0.1, 0.15) is 17.5 Å². The maximum absolute atomic E-state index is 8.70. The van der Waals surface area contributed by atoms with Crippen molar-refractivity contribution in [1.82, 2.24) is 0 Å². The molecule has 0 atom stereocenters. The van der Waals surface area contributed by atoms with Gasteiger partial charge in [-0.1, -0.05) is 0 Å². The van der Waals surface area contributed by atoms with E-state index in [2.05, 4.69) is 28.7 Å². The van der Waals surface area contributed by atoms with Crippen LogP contribution >= 0.6 is 35.0 Å². The van der Waals surface area contributed by atoms with Crippen molar-refractivity contribution in [2.75, 3.05) is 6.54 Å². The zero-order valence-electron chi connectivity index (χ0n) is 7.66. The van der Waals surface area contributed by atoms with Gasteiger partial charge in [0.1, 0.15) is 0 Å². The first-order valence-electron chi connectivity index (χ1n) is 4.16. The predicted octanol–water partition coefficient (Wildman–Crippen LogP) is 2.48. The topological polar surface area (TPSA) is 49.8 Å². The van der Waals surface area contributed by atoms with Gasteiger partial charge in [0.25, 0.3) is 0 Å². The fourth-order valence-corrected chi connectivity index (χ4v) is 1.73. The Hall–Kier alpha value is -0.310. The summed E-state index contributed by atoms with van der Waals surface area (Å²) in [6, 6.07) is 7.90. The molecule has 2 nitrogen and oxygen atoms in total. The minimum atomic E-state index is 0. The number of hydrogen-bond acceptors (Lipinski definition) is 2. The second-order valence-electron chi connectivity index (χ2n) is 2.81. The van der Waals surface area contributed by atoms with Crippen molar-refractivity contribution in [3.05, 3.63) is 32.9 Å². The molecule has 0 amide bonds. The van der Waals surface area contributed by atoms with E-state index < -0.39 is 0 Å². The number of aryl methyl sites for hydroxylation is 1. The van der Waals surface area contributed by atoms with Gasteiger partial charge in [-0.3, -0.25) is 0 Å². The van der Waals surface area contributed by atoms with Crippen molar-refractivity contribution in [1.29, 1.82) is 5.26 Å². The van der Waals surface area contributed by atoms with Crippen LogP contribution in [0.5, 0.6) is 0 Å². The molecule has 0 radical (unpaired) electrons. The van der Waals surface area contributed by atoms with Crippen LogP contribution in [0, 0.1) is 14.9 Å². The van der Waals surface area contributed by atoms with E-state index in [1.54, 1.807) is 0 Å². The largest absolute Gasteiger partial charge is 0.330 e. The summed E-state index contributed by atoms with van der Waals surface area (Å²) in [4.78, 5) is 0.